The Labute approximate surface area is 83.6 Å². The van der Waals surface area contributed by atoms with Gasteiger partial charge < -0.3 is 4.74 Å². The maximum atomic E-state index is 11.1. The van der Waals surface area contributed by atoms with E-state index in [2.05, 4.69) is 0 Å². The summed E-state index contributed by atoms with van der Waals surface area (Å²) >= 11 is 5.73. The molecule has 0 amide bonds. The van der Waals surface area contributed by atoms with Gasteiger partial charge in [-0.3, -0.25) is 4.79 Å². The molecule has 4 heteroatoms. The number of carbonyl (C=O) groups is 1. The molecule has 0 saturated carbocycles. The SMILES string of the molecule is CCOC(=O)CC(C)(C)C(Cl)C#N. The predicted octanol–water partition coefficient (Wildman–Crippen LogP) is 2.10. The number of nitrogens with zero attached hydrogens (tertiary/aromatic N) is 1. The Morgan fingerprint density at radius 3 is 2.62 bits per heavy atom. The highest BCUT2D eigenvalue weighted by atomic mass is 35.5. The Balaban J connectivity index is 4.18. The summed E-state index contributed by atoms with van der Waals surface area (Å²) in [6.07, 6.45) is 0.169. The van der Waals surface area contributed by atoms with Crippen molar-refractivity contribution in [1.29, 1.82) is 5.26 Å². The number of alkyl halides is 1. The standard InChI is InChI=1S/C9H14ClNO2/c1-4-13-8(12)5-9(2,3)7(10)6-11/h7H,4-5H2,1-3H3. The molecule has 0 aliphatic heterocycles. The van der Waals surface area contributed by atoms with Gasteiger partial charge in [0, 0.05) is 5.41 Å². The van der Waals surface area contributed by atoms with Crippen LogP contribution in [0.3, 0.4) is 0 Å². The molecule has 1 atom stereocenters. The predicted molar refractivity (Wildman–Crippen MR) is 50.3 cm³/mol. The zero-order chi connectivity index (χ0) is 10.5. The van der Waals surface area contributed by atoms with Crippen LogP contribution in [0.2, 0.25) is 0 Å². The number of carbonyl (C=O) groups excluding carboxylic acids is 1. The zero-order valence-corrected chi connectivity index (χ0v) is 8.89. The second kappa shape index (κ2) is 5.08. The third-order valence-corrected chi connectivity index (χ3v) is 2.39. The van der Waals surface area contributed by atoms with Gasteiger partial charge in [0.15, 0.2) is 0 Å². The highest BCUT2D eigenvalue weighted by Crippen LogP contribution is 2.29. The van der Waals surface area contributed by atoms with E-state index < -0.39 is 10.8 Å². The first kappa shape index (κ1) is 12.2. The summed E-state index contributed by atoms with van der Waals surface area (Å²) in [7, 11) is 0. The fraction of sp³-hybridized carbons (Fsp3) is 0.778. The molecule has 1 unspecified atom stereocenters. The summed E-state index contributed by atoms with van der Waals surface area (Å²) in [5.41, 5.74) is -0.539. The van der Waals surface area contributed by atoms with Crippen LogP contribution in [0, 0.1) is 16.7 Å². The van der Waals surface area contributed by atoms with E-state index in [4.69, 9.17) is 21.6 Å². The molecule has 0 spiro atoms. The molecule has 0 saturated heterocycles. The van der Waals surface area contributed by atoms with Crippen molar-refractivity contribution in [1.82, 2.24) is 0 Å². The summed E-state index contributed by atoms with van der Waals surface area (Å²) in [4.78, 5) is 11.1. The third kappa shape index (κ3) is 4.14. The second-order valence-corrected chi connectivity index (χ2v) is 3.90. The first-order valence-electron chi connectivity index (χ1n) is 4.13. The van der Waals surface area contributed by atoms with Crippen LogP contribution in [0.25, 0.3) is 0 Å². The van der Waals surface area contributed by atoms with Crippen LogP contribution in [-0.2, 0) is 9.53 Å². The summed E-state index contributed by atoms with van der Waals surface area (Å²) in [6, 6.07) is 1.91. The van der Waals surface area contributed by atoms with Gasteiger partial charge in [0.2, 0.25) is 0 Å². The van der Waals surface area contributed by atoms with Crippen molar-refractivity contribution in [3.05, 3.63) is 0 Å². The molecule has 0 fully saturated rings. The lowest BCUT2D eigenvalue weighted by atomic mass is 9.86. The van der Waals surface area contributed by atoms with Gasteiger partial charge in [0.1, 0.15) is 5.38 Å². The average molecular weight is 204 g/mol. The molecule has 0 N–H and O–H groups in total. The van der Waals surface area contributed by atoms with Gasteiger partial charge in [0.25, 0.3) is 0 Å². The molecule has 0 aliphatic carbocycles. The van der Waals surface area contributed by atoms with Gasteiger partial charge in [-0.25, -0.2) is 0 Å². The van der Waals surface area contributed by atoms with E-state index in [0.717, 1.165) is 0 Å². The smallest absolute Gasteiger partial charge is 0.306 e. The second-order valence-electron chi connectivity index (χ2n) is 3.46. The van der Waals surface area contributed by atoms with Crippen LogP contribution < -0.4 is 0 Å². The molecule has 0 aromatic rings. The fourth-order valence-corrected chi connectivity index (χ4v) is 0.926. The Morgan fingerprint density at radius 2 is 2.23 bits per heavy atom. The minimum absolute atomic E-state index is 0.169. The molecule has 0 aromatic heterocycles. The molecule has 0 bridgehead atoms. The molecule has 0 rings (SSSR count). The number of nitriles is 1. The molecule has 74 valence electrons. The van der Waals surface area contributed by atoms with Gasteiger partial charge in [-0.15, -0.1) is 11.6 Å². The highest BCUT2D eigenvalue weighted by molar-refractivity contribution is 6.22. The number of ether oxygens (including phenoxy) is 1. The minimum Gasteiger partial charge on any atom is -0.466 e. The quantitative estimate of drug-likeness (QED) is 0.519. The van der Waals surface area contributed by atoms with Crippen molar-refractivity contribution >= 4 is 17.6 Å². The lowest BCUT2D eigenvalue weighted by molar-refractivity contribution is -0.145. The largest absolute Gasteiger partial charge is 0.466 e. The average Bonchev–Trinajstić information content (AvgIpc) is 2.02. The van der Waals surface area contributed by atoms with E-state index in [1.54, 1.807) is 20.8 Å². The summed E-state index contributed by atoms with van der Waals surface area (Å²) < 4.78 is 4.77. The van der Waals surface area contributed by atoms with E-state index in [0.29, 0.717) is 6.61 Å². The maximum absolute atomic E-state index is 11.1. The molecular weight excluding hydrogens is 190 g/mol. The normalized spacial score (nSPS) is 13.2. The van der Waals surface area contributed by atoms with Crippen molar-refractivity contribution in [2.24, 2.45) is 5.41 Å². The minimum atomic E-state index is -0.670. The molecule has 0 aromatic carbocycles. The molecule has 0 radical (unpaired) electrons. The van der Waals surface area contributed by atoms with Crippen molar-refractivity contribution in [2.75, 3.05) is 6.61 Å². The molecular formula is C9H14ClNO2. The Hall–Kier alpha value is -0.750. The van der Waals surface area contributed by atoms with Gasteiger partial charge in [0.05, 0.1) is 19.1 Å². The van der Waals surface area contributed by atoms with Crippen molar-refractivity contribution < 1.29 is 9.53 Å². The van der Waals surface area contributed by atoms with Crippen LogP contribution in [0.4, 0.5) is 0 Å². The van der Waals surface area contributed by atoms with Crippen molar-refractivity contribution in [3.63, 3.8) is 0 Å². The number of halogens is 1. The monoisotopic (exact) mass is 203 g/mol. The van der Waals surface area contributed by atoms with Crippen LogP contribution in [0.15, 0.2) is 0 Å². The molecule has 0 aliphatic rings. The van der Waals surface area contributed by atoms with Crippen molar-refractivity contribution in [3.8, 4) is 6.07 Å². The van der Waals surface area contributed by atoms with E-state index >= 15 is 0 Å². The van der Waals surface area contributed by atoms with E-state index in [1.807, 2.05) is 6.07 Å². The Kier molecular flexibility index (Phi) is 4.79. The number of esters is 1. The number of hydrogen-bond donors (Lipinski definition) is 0. The summed E-state index contributed by atoms with van der Waals surface area (Å²) in [5, 5.41) is 7.91. The first-order chi connectivity index (χ1) is 5.94. The number of rotatable bonds is 4. The Bertz CT molecular complexity index is 220. The van der Waals surface area contributed by atoms with Crippen LogP contribution >= 0.6 is 11.6 Å². The first-order valence-corrected chi connectivity index (χ1v) is 4.57. The van der Waals surface area contributed by atoms with Crippen LogP contribution in [-0.4, -0.2) is 18.0 Å². The highest BCUT2D eigenvalue weighted by Gasteiger charge is 2.31. The third-order valence-electron chi connectivity index (χ3n) is 1.70. The summed E-state index contributed by atoms with van der Waals surface area (Å²) in [6.45, 7) is 5.64. The molecule has 0 heterocycles. The summed E-state index contributed by atoms with van der Waals surface area (Å²) in [5.74, 6) is -0.312. The maximum Gasteiger partial charge on any atom is 0.306 e. The van der Waals surface area contributed by atoms with Gasteiger partial charge >= 0.3 is 5.97 Å². The number of hydrogen-bond acceptors (Lipinski definition) is 3. The fourth-order valence-electron chi connectivity index (χ4n) is 0.848. The van der Waals surface area contributed by atoms with Gasteiger partial charge in [-0.2, -0.15) is 5.26 Å². The van der Waals surface area contributed by atoms with Gasteiger partial charge in [-0.1, -0.05) is 13.8 Å². The van der Waals surface area contributed by atoms with E-state index in [1.165, 1.54) is 0 Å². The zero-order valence-electron chi connectivity index (χ0n) is 8.13. The molecule has 13 heavy (non-hydrogen) atoms. The topological polar surface area (TPSA) is 50.1 Å². The van der Waals surface area contributed by atoms with Crippen molar-refractivity contribution in [2.45, 2.75) is 32.6 Å². The molecule has 3 nitrogen and oxygen atoms in total. The van der Waals surface area contributed by atoms with Crippen LogP contribution in [0.1, 0.15) is 27.2 Å². The van der Waals surface area contributed by atoms with Gasteiger partial charge in [-0.05, 0) is 6.92 Å². The van der Waals surface area contributed by atoms with Crippen LogP contribution in [0.5, 0.6) is 0 Å². The Morgan fingerprint density at radius 1 is 1.69 bits per heavy atom. The lowest BCUT2D eigenvalue weighted by Crippen LogP contribution is -2.27. The van der Waals surface area contributed by atoms with E-state index in [9.17, 15) is 4.79 Å². The van der Waals surface area contributed by atoms with E-state index in [-0.39, 0.29) is 12.4 Å². The lowest BCUT2D eigenvalue weighted by Gasteiger charge is -2.23.